The van der Waals surface area contributed by atoms with Gasteiger partial charge in [0.25, 0.3) is 0 Å². The van der Waals surface area contributed by atoms with Gasteiger partial charge in [-0.05, 0) is 31.7 Å². The van der Waals surface area contributed by atoms with Gasteiger partial charge in [0.05, 0.1) is 10.7 Å². The van der Waals surface area contributed by atoms with Crippen LogP contribution in [0, 0.1) is 5.92 Å². The summed E-state index contributed by atoms with van der Waals surface area (Å²) in [6.07, 6.45) is 8.05. The maximum absolute atomic E-state index is 5.01. The molecule has 1 aliphatic rings. The molecule has 2 nitrogen and oxygen atoms in total. The minimum absolute atomic E-state index is 0.696. The Labute approximate surface area is 122 Å². The van der Waals surface area contributed by atoms with Gasteiger partial charge in [-0.15, -0.1) is 11.3 Å². The van der Waals surface area contributed by atoms with Crippen LogP contribution in [-0.4, -0.2) is 11.5 Å². The molecule has 19 heavy (non-hydrogen) atoms. The summed E-state index contributed by atoms with van der Waals surface area (Å²) in [5.74, 6) is 1.45. The fourth-order valence-electron chi connectivity index (χ4n) is 2.85. The van der Waals surface area contributed by atoms with E-state index < -0.39 is 0 Å². The van der Waals surface area contributed by atoms with Crippen molar-refractivity contribution in [1.82, 2.24) is 10.3 Å². The maximum atomic E-state index is 5.01. The quantitative estimate of drug-likeness (QED) is 0.830. The van der Waals surface area contributed by atoms with E-state index >= 15 is 0 Å². The van der Waals surface area contributed by atoms with Crippen molar-refractivity contribution in [3.8, 4) is 0 Å². The van der Waals surface area contributed by atoms with Gasteiger partial charge in [-0.1, -0.05) is 40.0 Å². The molecule has 3 heteroatoms. The van der Waals surface area contributed by atoms with E-state index in [0.717, 1.165) is 25.4 Å². The lowest BCUT2D eigenvalue weighted by molar-refractivity contribution is 0.441. The molecule has 1 saturated carbocycles. The Balaban J connectivity index is 2.12. The van der Waals surface area contributed by atoms with Crippen LogP contribution in [0.2, 0.25) is 0 Å². The summed E-state index contributed by atoms with van der Waals surface area (Å²) in [5, 5.41) is 4.88. The summed E-state index contributed by atoms with van der Waals surface area (Å²) in [4.78, 5) is 6.49. The minimum atomic E-state index is 0.696. The lowest BCUT2D eigenvalue weighted by Crippen LogP contribution is -2.12. The van der Waals surface area contributed by atoms with Gasteiger partial charge in [-0.2, -0.15) is 0 Å². The zero-order valence-electron chi connectivity index (χ0n) is 12.7. The number of thiazole rings is 1. The average Bonchev–Trinajstić information content (AvgIpc) is 2.80. The second kappa shape index (κ2) is 7.39. The van der Waals surface area contributed by atoms with E-state index in [4.69, 9.17) is 4.98 Å². The molecule has 0 saturated heterocycles. The highest BCUT2D eigenvalue weighted by Gasteiger charge is 2.21. The van der Waals surface area contributed by atoms with Gasteiger partial charge in [0.15, 0.2) is 0 Å². The van der Waals surface area contributed by atoms with E-state index in [9.17, 15) is 0 Å². The van der Waals surface area contributed by atoms with E-state index in [2.05, 4.69) is 26.1 Å². The van der Waals surface area contributed by atoms with E-state index in [1.165, 1.54) is 47.7 Å². The molecule has 0 unspecified atom stereocenters. The molecule has 0 spiro atoms. The normalized spacial score (nSPS) is 17.3. The summed E-state index contributed by atoms with van der Waals surface area (Å²) in [6, 6.07) is 0. The first kappa shape index (κ1) is 15.0. The highest BCUT2D eigenvalue weighted by molar-refractivity contribution is 7.11. The summed E-state index contributed by atoms with van der Waals surface area (Å²) in [7, 11) is 0. The summed E-state index contributed by atoms with van der Waals surface area (Å²) in [5.41, 5.74) is 1.36. The van der Waals surface area contributed by atoms with Crippen molar-refractivity contribution in [2.45, 2.75) is 71.8 Å². The Morgan fingerprint density at radius 1 is 1.26 bits per heavy atom. The van der Waals surface area contributed by atoms with Gasteiger partial charge < -0.3 is 5.32 Å². The van der Waals surface area contributed by atoms with Crippen LogP contribution in [0.3, 0.4) is 0 Å². The van der Waals surface area contributed by atoms with Crippen molar-refractivity contribution in [3.05, 3.63) is 15.6 Å². The van der Waals surface area contributed by atoms with E-state index in [1.54, 1.807) is 0 Å². The van der Waals surface area contributed by atoms with E-state index in [1.807, 2.05) is 11.3 Å². The highest BCUT2D eigenvalue weighted by Crippen LogP contribution is 2.36. The molecule has 0 radical (unpaired) electrons. The zero-order chi connectivity index (χ0) is 13.7. The molecule has 0 aromatic carbocycles. The first-order valence-electron chi connectivity index (χ1n) is 7.89. The smallest absolute Gasteiger partial charge is 0.0962 e. The van der Waals surface area contributed by atoms with Crippen molar-refractivity contribution in [1.29, 1.82) is 0 Å². The van der Waals surface area contributed by atoms with Crippen molar-refractivity contribution in [2.75, 3.05) is 6.54 Å². The molecule has 0 aliphatic heterocycles. The number of hydrogen-bond acceptors (Lipinski definition) is 3. The zero-order valence-corrected chi connectivity index (χ0v) is 13.5. The number of nitrogens with zero attached hydrogens (tertiary/aromatic N) is 1. The van der Waals surface area contributed by atoms with Crippen molar-refractivity contribution < 1.29 is 0 Å². The standard InChI is InChI=1S/C16H28N2S/c1-4-17-11-15-14(10-12(2)3)18-16(19-15)13-8-6-5-7-9-13/h12-13,17H,4-11H2,1-3H3. The van der Waals surface area contributed by atoms with Crippen molar-refractivity contribution in [3.63, 3.8) is 0 Å². The van der Waals surface area contributed by atoms with Gasteiger partial charge in [-0.25, -0.2) is 4.98 Å². The molecule has 108 valence electrons. The van der Waals surface area contributed by atoms with Gasteiger partial charge >= 0.3 is 0 Å². The third kappa shape index (κ3) is 4.28. The van der Waals surface area contributed by atoms with Crippen molar-refractivity contribution >= 4 is 11.3 Å². The van der Waals surface area contributed by atoms with Gasteiger partial charge in [-0.3, -0.25) is 0 Å². The van der Waals surface area contributed by atoms with Crippen LogP contribution in [0.25, 0.3) is 0 Å². The molecule has 1 aromatic heterocycles. The molecular weight excluding hydrogens is 252 g/mol. The van der Waals surface area contributed by atoms with Crippen LogP contribution >= 0.6 is 11.3 Å². The van der Waals surface area contributed by atoms with E-state index in [-0.39, 0.29) is 0 Å². The lowest BCUT2D eigenvalue weighted by atomic mass is 9.90. The van der Waals surface area contributed by atoms with Crippen molar-refractivity contribution in [2.24, 2.45) is 5.92 Å². The molecule has 1 heterocycles. The predicted octanol–water partition coefficient (Wildman–Crippen LogP) is 4.50. The van der Waals surface area contributed by atoms with Gasteiger partial charge in [0, 0.05) is 17.3 Å². The molecule has 2 rings (SSSR count). The molecule has 0 bridgehead atoms. The van der Waals surface area contributed by atoms with Crippen LogP contribution in [0.1, 0.15) is 74.4 Å². The Morgan fingerprint density at radius 3 is 2.63 bits per heavy atom. The van der Waals surface area contributed by atoms with Crippen LogP contribution in [0.15, 0.2) is 0 Å². The molecule has 0 amide bonds. The largest absolute Gasteiger partial charge is 0.312 e. The molecule has 1 N–H and O–H groups in total. The Hall–Kier alpha value is -0.410. The molecule has 1 aliphatic carbocycles. The van der Waals surface area contributed by atoms with Crippen LogP contribution in [0.4, 0.5) is 0 Å². The summed E-state index contributed by atoms with van der Waals surface area (Å²) in [6.45, 7) is 8.79. The number of aromatic nitrogens is 1. The second-order valence-corrected chi connectivity index (χ2v) is 7.25. The Kier molecular flexibility index (Phi) is 5.83. The first-order valence-corrected chi connectivity index (χ1v) is 8.71. The van der Waals surface area contributed by atoms with Crippen LogP contribution in [-0.2, 0) is 13.0 Å². The number of rotatable bonds is 6. The van der Waals surface area contributed by atoms with Gasteiger partial charge in [0.2, 0.25) is 0 Å². The third-order valence-corrected chi connectivity index (χ3v) is 5.15. The first-order chi connectivity index (χ1) is 9.20. The number of nitrogens with one attached hydrogen (secondary N) is 1. The Bertz CT molecular complexity index is 378. The van der Waals surface area contributed by atoms with Crippen LogP contribution < -0.4 is 5.32 Å². The summed E-state index contributed by atoms with van der Waals surface area (Å²) < 4.78 is 0. The topological polar surface area (TPSA) is 24.9 Å². The predicted molar refractivity (Wildman–Crippen MR) is 83.9 cm³/mol. The van der Waals surface area contributed by atoms with Crippen LogP contribution in [0.5, 0.6) is 0 Å². The minimum Gasteiger partial charge on any atom is -0.312 e. The molecule has 1 fully saturated rings. The monoisotopic (exact) mass is 280 g/mol. The molecule has 0 atom stereocenters. The highest BCUT2D eigenvalue weighted by atomic mass is 32.1. The van der Waals surface area contributed by atoms with E-state index in [0.29, 0.717) is 5.92 Å². The Morgan fingerprint density at radius 2 is 2.00 bits per heavy atom. The maximum Gasteiger partial charge on any atom is 0.0962 e. The molecule has 1 aromatic rings. The second-order valence-electron chi connectivity index (χ2n) is 6.14. The number of hydrogen-bond donors (Lipinski definition) is 1. The fraction of sp³-hybridized carbons (Fsp3) is 0.812. The third-order valence-electron chi connectivity index (χ3n) is 3.89. The summed E-state index contributed by atoms with van der Waals surface area (Å²) >= 11 is 1.97. The van der Waals surface area contributed by atoms with Gasteiger partial charge in [0.1, 0.15) is 0 Å². The average molecular weight is 280 g/mol. The fourth-order valence-corrected chi connectivity index (χ4v) is 4.08. The SMILES string of the molecule is CCNCc1sc(C2CCCCC2)nc1CC(C)C. The molecular formula is C16H28N2S. The lowest BCUT2D eigenvalue weighted by Gasteiger charge is -2.18.